The largest absolute Gasteiger partial charge is 0.321 e. The van der Waals surface area contributed by atoms with Crippen LogP contribution in [0.15, 0.2) is 24.3 Å². The fraction of sp³-hybridized carbons (Fsp3) is 0.571. The lowest BCUT2D eigenvalue weighted by molar-refractivity contribution is 0.302. The van der Waals surface area contributed by atoms with Crippen LogP contribution < -0.4 is 5.73 Å². The van der Waals surface area contributed by atoms with Crippen LogP contribution in [0.1, 0.15) is 50.2 Å². The van der Waals surface area contributed by atoms with Crippen molar-refractivity contribution in [3.8, 4) is 0 Å². The average Bonchev–Trinajstić information content (AvgIpc) is 2.30. The topological polar surface area (TPSA) is 26.0 Å². The Hall–Kier alpha value is -0.820. The molecule has 0 aliphatic heterocycles. The third-order valence-electron chi connectivity index (χ3n) is 3.66. The summed E-state index contributed by atoms with van der Waals surface area (Å²) >= 11 is 0. The zero-order chi connectivity index (χ0) is 10.7. The Morgan fingerprint density at radius 3 is 2.60 bits per heavy atom. The van der Waals surface area contributed by atoms with Gasteiger partial charge in [0.2, 0.25) is 0 Å². The highest BCUT2D eigenvalue weighted by atomic mass is 14.7. The quantitative estimate of drug-likeness (QED) is 0.783. The Morgan fingerprint density at radius 1 is 1.20 bits per heavy atom. The van der Waals surface area contributed by atoms with Gasteiger partial charge in [0.1, 0.15) is 0 Å². The average molecular weight is 203 g/mol. The van der Waals surface area contributed by atoms with E-state index >= 15 is 0 Å². The van der Waals surface area contributed by atoms with Gasteiger partial charge < -0.3 is 5.73 Å². The minimum atomic E-state index is -0.0383. The molecule has 0 unspecified atom stereocenters. The summed E-state index contributed by atoms with van der Waals surface area (Å²) in [6, 6.07) is 8.84. The smallest absolute Gasteiger partial charge is 0.0409 e. The van der Waals surface area contributed by atoms with Gasteiger partial charge in [0.25, 0.3) is 0 Å². The monoisotopic (exact) mass is 203 g/mol. The van der Waals surface area contributed by atoms with E-state index in [2.05, 4.69) is 31.2 Å². The van der Waals surface area contributed by atoms with E-state index in [1.54, 1.807) is 0 Å². The van der Waals surface area contributed by atoms with E-state index in [9.17, 15) is 0 Å². The van der Waals surface area contributed by atoms with Gasteiger partial charge in [-0.1, -0.05) is 50.5 Å². The van der Waals surface area contributed by atoms with E-state index < -0.39 is 0 Å². The van der Waals surface area contributed by atoms with E-state index in [-0.39, 0.29) is 5.54 Å². The zero-order valence-corrected chi connectivity index (χ0v) is 9.63. The molecular weight excluding hydrogens is 182 g/mol. The molecule has 1 fully saturated rings. The second-order valence-electron chi connectivity index (χ2n) is 4.77. The van der Waals surface area contributed by atoms with Crippen LogP contribution in [0.5, 0.6) is 0 Å². The summed E-state index contributed by atoms with van der Waals surface area (Å²) in [5, 5.41) is 0. The standard InChI is InChI=1S/C14H21N/c1-2-12-7-6-8-13(11-12)14(15)9-4-3-5-10-14/h6-8,11H,2-5,9-10,15H2,1H3. The number of rotatable bonds is 2. The van der Waals surface area contributed by atoms with E-state index in [1.165, 1.54) is 30.4 Å². The molecule has 0 bridgehead atoms. The van der Waals surface area contributed by atoms with Crippen LogP contribution in [-0.2, 0) is 12.0 Å². The Bertz CT molecular complexity index is 324. The van der Waals surface area contributed by atoms with Crippen molar-refractivity contribution in [3.63, 3.8) is 0 Å². The predicted octanol–water partition coefficient (Wildman–Crippen LogP) is 3.37. The van der Waals surface area contributed by atoms with Crippen molar-refractivity contribution in [2.24, 2.45) is 5.73 Å². The Balaban J connectivity index is 2.26. The highest BCUT2D eigenvalue weighted by Gasteiger charge is 2.29. The molecule has 15 heavy (non-hydrogen) atoms. The molecule has 0 aromatic heterocycles. The number of hydrogen-bond donors (Lipinski definition) is 1. The maximum atomic E-state index is 6.50. The molecule has 1 saturated carbocycles. The maximum absolute atomic E-state index is 6.50. The van der Waals surface area contributed by atoms with Gasteiger partial charge in [0.15, 0.2) is 0 Å². The third kappa shape index (κ3) is 2.23. The molecule has 2 rings (SSSR count). The van der Waals surface area contributed by atoms with Gasteiger partial charge in [-0.05, 0) is 30.4 Å². The molecular formula is C14H21N. The third-order valence-corrected chi connectivity index (χ3v) is 3.66. The van der Waals surface area contributed by atoms with E-state index in [1.807, 2.05) is 0 Å². The van der Waals surface area contributed by atoms with Crippen LogP contribution in [0.2, 0.25) is 0 Å². The molecule has 82 valence electrons. The molecule has 1 heteroatoms. The molecule has 0 saturated heterocycles. The summed E-state index contributed by atoms with van der Waals surface area (Å²) in [6.07, 6.45) is 7.33. The van der Waals surface area contributed by atoms with Crippen LogP contribution in [0.4, 0.5) is 0 Å². The molecule has 0 radical (unpaired) electrons. The molecule has 1 aromatic carbocycles. The van der Waals surface area contributed by atoms with Crippen molar-refractivity contribution >= 4 is 0 Å². The van der Waals surface area contributed by atoms with Gasteiger partial charge in [-0.15, -0.1) is 0 Å². The Morgan fingerprint density at radius 2 is 1.93 bits per heavy atom. The lowest BCUT2D eigenvalue weighted by atomic mass is 9.77. The van der Waals surface area contributed by atoms with Crippen molar-refractivity contribution in [2.45, 2.75) is 51.0 Å². The van der Waals surface area contributed by atoms with Gasteiger partial charge in [-0.3, -0.25) is 0 Å². The highest BCUT2D eigenvalue weighted by molar-refractivity contribution is 5.29. The summed E-state index contributed by atoms with van der Waals surface area (Å²) in [5.74, 6) is 0. The normalized spacial score (nSPS) is 20.1. The fourth-order valence-electron chi connectivity index (χ4n) is 2.57. The molecule has 1 nitrogen and oxygen atoms in total. The molecule has 1 aromatic rings. The number of aryl methyl sites for hydroxylation is 1. The summed E-state index contributed by atoms with van der Waals surface area (Å²) in [6.45, 7) is 2.20. The number of hydrogen-bond acceptors (Lipinski definition) is 1. The minimum absolute atomic E-state index is 0.0383. The van der Waals surface area contributed by atoms with Crippen LogP contribution in [0, 0.1) is 0 Å². The number of benzene rings is 1. The first-order chi connectivity index (χ1) is 7.24. The van der Waals surface area contributed by atoms with Crippen LogP contribution in [0.3, 0.4) is 0 Å². The molecule has 1 aliphatic carbocycles. The van der Waals surface area contributed by atoms with E-state index in [4.69, 9.17) is 5.73 Å². The molecule has 0 heterocycles. The summed E-state index contributed by atoms with van der Waals surface area (Å²) in [7, 11) is 0. The van der Waals surface area contributed by atoms with Crippen molar-refractivity contribution in [1.29, 1.82) is 0 Å². The van der Waals surface area contributed by atoms with Crippen molar-refractivity contribution in [2.75, 3.05) is 0 Å². The first-order valence-corrected chi connectivity index (χ1v) is 6.13. The fourth-order valence-corrected chi connectivity index (χ4v) is 2.57. The van der Waals surface area contributed by atoms with E-state index in [0.717, 1.165) is 19.3 Å². The summed E-state index contributed by atoms with van der Waals surface area (Å²) < 4.78 is 0. The lowest BCUT2D eigenvalue weighted by Crippen LogP contribution is -2.38. The molecule has 0 amide bonds. The lowest BCUT2D eigenvalue weighted by Gasteiger charge is -2.34. The van der Waals surface area contributed by atoms with Gasteiger partial charge in [0, 0.05) is 5.54 Å². The Labute approximate surface area is 92.7 Å². The first-order valence-electron chi connectivity index (χ1n) is 6.13. The SMILES string of the molecule is CCc1cccc(C2(N)CCCCC2)c1. The van der Waals surface area contributed by atoms with Crippen LogP contribution >= 0.6 is 0 Å². The number of nitrogens with two attached hydrogens (primary N) is 1. The van der Waals surface area contributed by atoms with E-state index in [0.29, 0.717) is 0 Å². The molecule has 1 aliphatic rings. The van der Waals surface area contributed by atoms with Gasteiger partial charge in [0.05, 0.1) is 0 Å². The second kappa shape index (κ2) is 4.36. The molecule has 0 spiro atoms. The van der Waals surface area contributed by atoms with Crippen molar-refractivity contribution < 1.29 is 0 Å². The van der Waals surface area contributed by atoms with Gasteiger partial charge in [-0.2, -0.15) is 0 Å². The Kier molecular flexibility index (Phi) is 3.11. The van der Waals surface area contributed by atoms with Crippen molar-refractivity contribution in [1.82, 2.24) is 0 Å². The molecule has 0 atom stereocenters. The highest BCUT2D eigenvalue weighted by Crippen LogP contribution is 2.34. The zero-order valence-electron chi connectivity index (χ0n) is 9.63. The second-order valence-corrected chi connectivity index (χ2v) is 4.77. The van der Waals surface area contributed by atoms with Gasteiger partial charge >= 0.3 is 0 Å². The molecule has 2 N–H and O–H groups in total. The summed E-state index contributed by atoms with van der Waals surface area (Å²) in [5.41, 5.74) is 9.22. The first kappa shape index (κ1) is 10.7. The van der Waals surface area contributed by atoms with Crippen LogP contribution in [0.25, 0.3) is 0 Å². The summed E-state index contributed by atoms with van der Waals surface area (Å²) in [4.78, 5) is 0. The minimum Gasteiger partial charge on any atom is -0.321 e. The van der Waals surface area contributed by atoms with Crippen LogP contribution in [-0.4, -0.2) is 0 Å². The van der Waals surface area contributed by atoms with Gasteiger partial charge in [-0.25, -0.2) is 0 Å². The van der Waals surface area contributed by atoms with Crippen molar-refractivity contribution in [3.05, 3.63) is 35.4 Å². The predicted molar refractivity (Wildman–Crippen MR) is 64.8 cm³/mol. The maximum Gasteiger partial charge on any atom is 0.0409 e.